The Balaban J connectivity index is 3.37. The average molecular weight is 452 g/mol. The molecule has 0 fully saturated rings. The molecule has 1 rings (SSSR count). The van der Waals surface area contributed by atoms with Gasteiger partial charge >= 0.3 is 0 Å². The summed E-state index contributed by atoms with van der Waals surface area (Å²) in [7, 11) is 0. The van der Waals surface area contributed by atoms with Crippen molar-refractivity contribution >= 4 is 67.0 Å². The van der Waals surface area contributed by atoms with Crippen molar-refractivity contribution in [3.8, 4) is 0 Å². The van der Waals surface area contributed by atoms with E-state index in [0.717, 1.165) is 11.6 Å². The van der Waals surface area contributed by atoms with E-state index in [4.69, 9.17) is 5.73 Å². The van der Waals surface area contributed by atoms with Crippen molar-refractivity contribution in [2.24, 2.45) is 5.73 Å². The maximum absolute atomic E-state index is 10.9. The van der Waals surface area contributed by atoms with Gasteiger partial charge in [0.05, 0.1) is 5.56 Å². The van der Waals surface area contributed by atoms with Crippen molar-refractivity contribution in [1.29, 1.82) is 0 Å². The lowest BCUT2D eigenvalue weighted by molar-refractivity contribution is 0.0999. The fraction of sp³-hybridized carbons (Fsp3) is 0. The van der Waals surface area contributed by atoms with Crippen molar-refractivity contribution in [3.63, 3.8) is 0 Å². The van der Waals surface area contributed by atoms with E-state index in [1.165, 1.54) is 0 Å². The molecule has 0 heterocycles. The van der Waals surface area contributed by atoms with Crippen LogP contribution in [-0.2, 0) is 0 Å². The Labute approximate surface area is 106 Å². The third kappa shape index (κ3) is 2.32. The lowest BCUT2D eigenvalue weighted by Crippen LogP contribution is -2.12. The minimum Gasteiger partial charge on any atom is -0.366 e. The summed E-state index contributed by atoms with van der Waals surface area (Å²) in [5.74, 6) is -0.404. The van der Waals surface area contributed by atoms with Gasteiger partial charge in [0.2, 0.25) is 5.91 Å². The fourth-order valence-corrected chi connectivity index (χ4v) is 3.00. The number of nitrogens with two attached hydrogens (primary N) is 1. The van der Waals surface area contributed by atoms with Crippen LogP contribution in [0, 0.1) is 7.14 Å². The summed E-state index contributed by atoms with van der Waals surface area (Å²) in [4.78, 5) is 10.9. The first-order valence-electron chi connectivity index (χ1n) is 2.96. The highest BCUT2D eigenvalue weighted by molar-refractivity contribution is 14.1. The van der Waals surface area contributed by atoms with Crippen LogP contribution in [0.25, 0.3) is 0 Å². The molecule has 0 aromatic heterocycles. The summed E-state index contributed by atoms with van der Waals surface area (Å²) in [6.07, 6.45) is 0. The molecule has 0 aliphatic carbocycles. The Morgan fingerprint density at radius 3 is 2.50 bits per heavy atom. The average Bonchev–Trinajstić information content (AvgIpc) is 1.96. The summed E-state index contributed by atoms with van der Waals surface area (Å²) < 4.78 is 2.78. The Hall–Kier alpha value is 0.630. The van der Waals surface area contributed by atoms with E-state index in [2.05, 4.69) is 61.1 Å². The van der Waals surface area contributed by atoms with Gasteiger partial charge in [0.15, 0.2) is 0 Å². The summed E-state index contributed by atoms with van der Waals surface area (Å²) in [6, 6.07) is 3.73. The maximum atomic E-state index is 10.9. The number of hydrogen-bond acceptors (Lipinski definition) is 1. The molecule has 0 saturated heterocycles. The van der Waals surface area contributed by atoms with Gasteiger partial charge in [-0.25, -0.2) is 0 Å². The maximum Gasteiger partial charge on any atom is 0.249 e. The normalized spacial score (nSPS) is 9.92. The molecule has 0 bridgehead atoms. The van der Waals surface area contributed by atoms with Gasteiger partial charge in [0.1, 0.15) is 0 Å². The highest BCUT2D eigenvalue weighted by Gasteiger charge is 2.09. The van der Waals surface area contributed by atoms with E-state index < -0.39 is 5.91 Å². The highest BCUT2D eigenvalue weighted by atomic mass is 127. The molecule has 0 saturated carbocycles. The van der Waals surface area contributed by atoms with Crippen LogP contribution in [0.2, 0.25) is 0 Å². The van der Waals surface area contributed by atoms with Crippen LogP contribution in [0.15, 0.2) is 16.6 Å². The zero-order chi connectivity index (χ0) is 9.30. The number of primary amides is 1. The number of hydrogen-bond donors (Lipinski definition) is 1. The first-order valence-corrected chi connectivity index (χ1v) is 5.91. The molecule has 64 valence electrons. The number of carbonyl (C=O) groups is 1. The van der Waals surface area contributed by atoms with Gasteiger partial charge in [-0.15, -0.1) is 0 Å². The zero-order valence-corrected chi connectivity index (χ0v) is 11.7. The molecule has 12 heavy (non-hydrogen) atoms. The van der Waals surface area contributed by atoms with E-state index in [9.17, 15) is 4.79 Å². The Kier molecular flexibility index (Phi) is 3.77. The van der Waals surface area contributed by atoms with E-state index in [1.807, 2.05) is 6.07 Å². The van der Waals surface area contributed by atoms with Crippen LogP contribution in [-0.4, -0.2) is 5.91 Å². The Morgan fingerprint density at radius 1 is 1.42 bits per heavy atom. The molecule has 1 aromatic carbocycles. The summed E-state index contributed by atoms with van der Waals surface area (Å²) >= 11 is 7.60. The molecule has 2 nitrogen and oxygen atoms in total. The minimum atomic E-state index is -0.404. The lowest BCUT2D eigenvalue weighted by atomic mass is 10.2. The first kappa shape index (κ1) is 10.7. The van der Waals surface area contributed by atoms with Gasteiger partial charge in [-0.1, -0.05) is 0 Å². The van der Waals surface area contributed by atoms with E-state index >= 15 is 0 Å². The topological polar surface area (TPSA) is 43.1 Å². The SMILES string of the molecule is NC(=O)c1cc(I)cc(I)c1Br. The van der Waals surface area contributed by atoms with Crippen LogP contribution in [0.4, 0.5) is 0 Å². The van der Waals surface area contributed by atoms with Crippen molar-refractivity contribution in [3.05, 3.63) is 29.3 Å². The second-order valence-electron chi connectivity index (χ2n) is 2.11. The molecule has 1 aromatic rings. The first-order chi connectivity index (χ1) is 5.52. The predicted molar refractivity (Wildman–Crippen MR) is 68.1 cm³/mol. The van der Waals surface area contributed by atoms with Gasteiger partial charge < -0.3 is 5.73 Å². The summed E-state index contributed by atoms with van der Waals surface area (Å²) in [6.45, 7) is 0. The van der Waals surface area contributed by atoms with E-state index in [0.29, 0.717) is 5.56 Å². The zero-order valence-electron chi connectivity index (χ0n) is 5.77. The van der Waals surface area contributed by atoms with Crippen LogP contribution < -0.4 is 5.73 Å². The summed E-state index contributed by atoms with van der Waals surface area (Å²) in [5.41, 5.74) is 5.71. The second kappa shape index (κ2) is 4.23. The summed E-state index contributed by atoms with van der Waals surface area (Å²) in [5, 5.41) is 0. The van der Waals surface area contributed by atoms with Crippen molar-refractivity contribution < 1.29 is 4.79 Å². The van der Waals surface area contributed by atoms with Crippen LogP contribution in [0.1, 0.15) is 10.4 Å². The molecular weight excluding hydrogens is 448 g/mol. The second-order valence-corrected chi connectivity index (χ2v) is 5.31. The monoisotopic (exact) mass is 451 g/mol. The third-order valence-electron chi connectivity index (χ3n) is 1.26. The number of carbonyl (C=O) groups excluding carboxylic acids is 1. The largest absolute Gasteiger partial charge is 0.366 e. The van der Waals surface area contributed by atoms with Crippen LogP contribution >= 0.6 is 61.1 Å². The molecule has 0 radical (unpaired) electrons. The number of benzene rings is 1. The molecule has 0 aliphatic rings. The highest BCUT2D eigenvalue weighted by Crippen LogP contribution is 2.25. The predicted octanol–water partition coefficient (Wildman–Crippen LogP) is 2.76. The van der Waals surface area contributed by atoms with Crippen LogP contribution in [0.3, 0.4) is 0 Å². The fourth-order valence-electron chi connectivity index (χ4n) is 0.735. The van der Waals surface area contributed by atoms with Crippen molar-refractivity contribution in [1.82, 2.24) is 0 Å². The standard InChI is InChI=1S/C7H4BrI2NO/c8-6-4(7(11)12)1-3(9)2-5(6)10/h1-2H,(H2,11,12). The molecule has 1 amide bonds. The van der Waals surface area contributed by atoms with Crippen LogP contribution in [0.5, 0.6) is 0 Å². The van der Waals surface area contributed by atoms with Gasteiger partial charge in [0, 0.05) is 11.6 Å². The van der Waals surface area contributed by atoms with Gasteiger partial charge in [-0.2, -0.15) is 0 Å². The minimum absolute atomic E-state index is 0.404. The molecule has 0 atom stereocenters. The third-order valence-corrected chi connectivity index (χ3v) is 4.33. The molecule has 2 N–H and O–H groups in total. The van der Waals surface area contributed by atoms with Gasteiger partial charge in [0.25, 0.3) is 0 Å². The molecule has 0 aliphatic heterocycles. The Bertz CT molecular complexity index is 340. The lowest BCUT2D eigenvalue weighted by Gasteiger charge is -2.02. The molecule has 5 heteroatoms. The van der Waals surface area contributed by atoms with E-state index in [1.54, 1.807) is 6.07 Å². The molecular formula is C7H4BrI2NO. The quantitative estimate of drug-likeness (QED) is 0.518. The number of rotatable bonds is 1. The van der Waals surface area contributed by atoms with Gasteiger partial charge in [-0.05, 0) is 73.2 Å². The Morgan fingerprint density at radius 2 is 2.00 bits per heavy atom. The molecule has 0 unspecified atom stereocenters. The molecule has 0 spiro atoms. The smallest absolute Gasteiger partial charge is 0.249 e. The van der Waals surface area contributed by atoms with Crippen molar-refractivity contribution in [2.45, 2.75) is 0 Å². The number of amides is 1. The van der Waals surface area contributed by atoms with Crippen molar-refractivity contribution in [2.75, 3.05) is 0 Å². The number of halogens is 3. The van der Waals surface area contributed by atoms with Gasteiger partial charge in [-0.3, -0.25) is 4.79 Å². The van der Waals surface area contributed by atoms with E-state index in [-0.39, 0.29) is 0 Å².